The minimum Gasteiger partial charge on any atom is -0.381 e. The van der Waals surface area contributed by atoms with Gasteiger partial charge in [0.15, 0.2) is 0 Å². The molecule has 0 saturated carbocycles. The van der Waals surface area contributed by atoms with Crippen molar-refractivity contribution in [3.8, 4) is 0 Å². The van der Waals surface area contributed by atoms with Crippen molar-refractivity contribution in [1.82, 2.24) is 0 Å². The zero-order valence-electron chi connectivity index (χ0n) is 29.6. The standard InChI is InChI=1S/C13H26O2.C12H24O.C10H20O/c1-12(2,3)8-10-15-9-7-11(14)13(4,5)6;1-11(2,3)9-7-8-10(13)12(4,5)6;1-8(2)6-7-9(11)10(3,4)5/h7-10H2,1-6H3;7-9H2,1-6H3;8H,6-7H2,1-5H3. The lowest BCUT2D eigenvalue weighted by molar-refractivity contribution is -0.127. The first-order chi connectivity index (χ1) is 17.1. The van der Waals surface area contributed by atoms with Crippen LogP contribution < -0.4 is 0 Å². The highest BCUT2D eigenvalue weighted by atomic mass is 16.5. The van der Waals surface area contributed by atoms with E-state index in [0.29, 0.717) is 41.3 Å². The van der Waals surface area contributed by atoms with E-state index in [1.165, 1.54) is 0 Å². The van der Waals surface area contributed by atoms with Crippen LogP contribution >= 0.6 is 0 Å². The predicted octanol–water partition coefficient (Wildman–Crippen LogP) is 10.3. The van der Waals surface area contributed by atoms with Crippen LogP contribution in [0.25, 0.3) is 0 Å². The lowest BCUT2D eigenvalue weighted by Gasteiger charge is -2.20. The number of hydrogen-bond donors (Lipinski definition) is 0. The Morgan fingerprint density at radius 2 is 0.872 bits per heavy atom. The van der Waals surface area contributed by atoms with Gasteiger partial charge in [0, 0.05) is 42.1 Å². The number of carbonyl (C=O) groups is 3. The normalized spacial score (nSPS) is 12.8. The second-order valence-electron chi connectivity index (χ2n) is 17.0. The van der Waals surface area contributed by atoms with E-state index in [1.807, 2.05) is 62.3 Å². The van der Waals surface area contributed by atoms with Crippen molar-refractivity contribution in [2.75, 3.05) is 13.2 Å². The van der Waals surface area contributed by atoms with Gasteiger partial charge in [0.05, 0.1) is 6.61 Å². The van der Waals surface area contributed by atoms with Crippen molar-refractivity contribution in [3.05, 3.63) is 0 Å². The van der Waals surface area contributed by atoms with Gasteiger partial charge in [-0.15, -0.1) is 0 Å². The summed E-state index contributed by atoms with van der Waals surface area (Å²) in [6.45, 7) is 36.6. The Labute approximate surface area is 245 Å². The molecule has 0 saturated heterocycles. The summed E-state index contributed by atoms with van der Waals surface area (Å²) in [6.07, 6.45) is 6.23. The number of Topliss-reactive ketones (excluding diaryl/α,β-unsaturated/α-hetero) is 3. The van der Waals surface area contributed by atoms with Gasteiger partial charge in [0.1, 0.15) is 17.3 Å². The maximum Gasteiger partial charge on any atom is 0.140 e. The fourth-order valence-electron chi connectivity index (χ4n) is 2.97. The second-order valence-corrected chi connectivity index (χ2v) is 17.0. The molecule has 0 atom stereocenters. The van der Waals surface area contributed by atoms with E-state index in [1.54, 1.807) is 0 Å². The largest absolute Gasteiger partial charge is 0.381 e. The molecular weight excluding hydrogens is 484 g/mol. The Hall–Kier alpha value is -1.03. The van der Waals surface area contributed by atoms with Gasteiger partial charge >= 0.3 is 0 Å². The quantitative estimate of drug-likeness (QED) is 0.238. The molecule has 0 spiro atoms. The third-order valence-electron chi connectivity index (χ3n) is 6.26. The maximum atomic E-state index is 11.6. The molecule has 0 N–H and O–H groups in total. The SMILES string of the molecule is CC(C)(C)CCCC(=O)C(C)(C)C.CC(C)(C)CCOCCC(=O)C(C)(C)C.CC(C)CCC(=O)C(C)(C)C. The molecule has 0 bridgehead atoms. The van der Waals surface area contributed by atoms with Crippen LogP contribution in [0, 0.1) is 33.0 Å². The Morgan fingerprint density at radius 1 is 0.513 bits per heavy atom. The van der Waals surface area contributed by atoms with Crippen LogP contribution in [0.2, 0.25) is 0 Å². The van der Waals surface area contributed by atoms with Gasteiger partial charge < -0.3 is 4.74 Å². The van der Waals surface area contributed by atoms with E-state index in [0.717, 1.165) is 45.1 Å². The van der Waals surface area contributed by atoms with Gasteiger partial charge in [-0.2, -0.15) is 0 Å². The number of carbonyl (C=O) groups excluding carboxylic acids is 3. The highest BCUT2D eigenvalue weighted by molar-refractivity contribution is 5.84. The number of ether oxygens (including phenoxy) is 1. The lowest BCUT2D eigenvalue weighted by Crippen LogP contribution is -2.21. The third kappa shape index (κ3) is 31.4. The average molecular weight is 555 g/mol. The minimum absolute atomic E-state index is 0.144. The van der Waals surface area contributed by atoms with Crippen LogP contribution in [0.5, 0.6) is 0 Å². The molecule has 0 aromatic heterocycles. The topological polar surface area (TPSA) is 60.4 Å². The molecule has 39 heavy (non-hydrogen) atoms. The summed E-state index contributed by atoms with van der Waals surface area (Å²) in [4.78, 5) is 34.5. The van der Waals surface area contributed by atoms with E-state index in [9.17, 15) is 14.4 Å². The predicted molar refractivity (Wildman–Crippen MR) is 170 cm³/mol. The summed E-state index contributed by atoms with van der Waals surface area (Å²) < 4.78 is 5.45. The molecule has 0 aliphatic carbocycles. The molecule has 0 aliphatic heterocycles. The molecule has 4 nitrogen and oxygen atoms in total. The first kappa shape index (κ1) is 42.4. The molecule has 234 valence electrons. The average Bonchev–Trinajstić information content (AvgIpc) is 2.68. The smallest absolute Gasteiger partial charge is 0.140 e. The number of ketones is 3. The molecule has 4 heteroatoms. The summed E-state index contributed by atoms with van der Waals surface area (Å²) in [5.74, 6) is 1.68. The van der Waals surface area contributed by atoms with E-state index < -0.39 is 0 Å². The summed E-state index contributed by atoms with van der Waals surface area (Å²) in [6, 6.07) is 0. The fraction of sp³-hybridized carbons (Fsp3) is 0.914. The Balaban J connectivity index is -0.000000505. The Kier molecular flexibility index (Phi) is 20.0. The van der Waals surface area contributed by atoms with Crippen molar-refractivity contribution in [1.29, 1.82) is 0 Å². The van der Waals surface area contributed by atoms with Crippen molar-refractivity contribution in [2.45, 2.75) is 163 Å². The summed E-state index contributed by atoms with van der Waals surface area (Å²) in [7, 11) is 0. The molecule has 0 fully saturated rings. The molecule has 0 radical (unpaired) electrons. The van der Waals surface area contributed by atoms with Gasteiger partial charge in [0.25, 0.3) is 0 Å². The van der Waals surface area contributed by atoms with Crippen LogP contribution in [-0.2, 0) is 19.1 Å². The summed E-state index contributed by atoms with van der Waals surface area (Å²) >= 11 is 0. The van der Waals surface area contributed by atoms with Crippen molar-refractivity contribution in [2.24, 2.45) is 33.0 Å². The van der Waals surface area contributed by atoms with Crippen LogP contribution in [0.4, 0.5) is 0 Å². The van der Waals surface area contributed by atoms with Crippen molar-refractivity contribution in [3.63, 3.8) is 0 Å². The van der Waals surface area contributed by atoms with E-state index in [4.69, 9.17) is 4.74 Å². The Morgan fingerprint density at radius 3 is 1.21 bits per heavy atom. The van der Waals surface area contributed by atoms with E-state index in [-0.39, 0.29) is 22.0 Å². The molecule has 0 unspecified atom stereocenters. The fourth-order valence-corrected chi connectivity index (χ4v) is 2.97. The van der Waals surface area contributed by atoms with Crippen LogP contribution in [0.3, 0.4) is 0 Å². The number of rotatable bonds is 11. The lowest BCUT2D eigenvalue weighted by atomic mass is 9.84. The van der Waals surface area contributed by atoms with Gasteiger partial charge in [-0.3, -0.25) is 14.4 Å². The van der Waals surface area contributed by atoms with Gasteiger partial charge in [-0.1, -0.05) is 118 Å². The summed E-state index contributed by atoms with van der Waals surface area (Å²) in [5, 5.41) is 0. The highest BCUT2D eigenvalue weighted by Crippen LogP contribution is 2.25. The zero-order chi connectivity index (χ0) is 31.9. The molecule has 0 rings (SSSR count). The molecule has 0 amide bonds. The van der Waals surface area contributed by atoms with Crippen LogP contribution in [0.1, 0.15) is 163 Å². The monoisotopic (exact) mass is 555 g/mol. The summed E-state index contributed by atoms with van der Waals surface area (Å²) in [5.41, 5.74) is 0.145. The second kappa shape index (κ2) is 18.4. The van der Waals surface area contributed by atoms with E-state index >= 15 is 0 Å². The van der Waals surface area contributed by atoms with Gasteiger partial charge in [-0.05, 0) is 42.4 Å². The molecule has 0 heterocycles. The molecule has 0 aromatic rings. The first-order valence-corrected chi connectivity index (χ1v) is 15.3. The van der Waals surface area contributed by atoms with Gasteiger partial charge in [0.2, 0.25) is 0 Å². The van der Waals surface area contributed by atoms with Crippen molar-refractivity contribution >= 4 is 17.3 Å². The highest BCUT2D eigenvalue weighted by Gasteiger charge is 2.22. The molecule has 0 aromatic carbocycles. The number of hydrogen-bond acceptors (Lipinski definition) is 4. The zero-order valence-corrected chi connectivity index (χ0v) is 29.6. The van der Waals surface area contributed by atoms with Gasteiger partial charge in [-0.25, -0.2) is 0 Å². The maximum absolute atomic E-state index is 11.6. The molecule has 0 aliphatic rings. The van der Waals surface area contributed by atoms with Crippen LogP contribution in [0.15, 0.2) is 0 Å². The van der Waals surface area contributed by atoms with Crippen LogP contribution in [-0.4, -0.2) is 30.6 Å². The Bertz CT molecular complexity index is 681. The minimum atomic E-state index is -0.229. The van der Waals surface area contributed by atoms with Crippen molar-refractivity contribution < 1.29 is 19.1 Å². The first-order valence-electron chi connectivity index (χ1n) is 15.3. The molecular formula is C35H70O4. The third-order valence-corrected chi connectivity index (χ3v) is 6.26. The van der Waals surface area contributed by atoms with E-state index in [2.05, 4.69) is 55.4 Å².